The molecule has 0 saturated heterocycles. The summed E-state index contributed by atoms with van der Waals surface area (Å²) >= 11 is 5.79. The first-order valence-electron chi connectivity index (χ1n) is 8.40. The van der Waals surface area contributed by atoms with Crippen LogP contribution in [0.2, 0.25) is 5.02 Å². The highest BCUT2D eigenvalue weighted by Crippen LogP contribution is 2.24. The molecule has 0 aliphatic carbocycles. The van der Waals surface area contributed by atoms with E-state index in [0.717, 1.165) is 29.9 Å². The van der Waals surface area contributed by atoms with Crippen LogP contribution in [0.25, 0.3) is 11.0 Å². The average Bonchev–Trinajstić information content (AvgIpc) is 2.63. The number of fused-ring (bicyclic) bond motifs is 1. The predicted molar refractivity (Wildman–Crippen MR) is 102 cm³/mol. The third-order valence-electron chi connectivity index (χ3n) is 3.89. The van der Waals surface area contributed by atoms with Gasteiger partial charge in [0.1, 0.15) is 17.1 Å². The van der Waals surface area contributed by atoms with Crippen LogP contribution in [0.1, 0.15) is 18.9 Å². The van der Waals surface area contributed by atoms with Gasteiger partial charge in [0.2, 0.25) is 0 Å². The van der Waals surface area contributed by atoms with Crippen LogP contribution in [0.4, 0.5) is 10.1 Å². The fraction of sp³-hybridized carbons (Fsp3) is 0.200. The van der Waals surface area contributed by atoms with Crippen molar-refractivity contribution >= 4 is 34.2 Å². The van der Waals surface area contributed by atoms with E-state index in [4.69, 9.17) is 20.8 Å². The number of hydrogen-bond acceptors (Lipinski definition) is 4. The number of ether oxygens (including phenoxy) is 1. The number of amides is 1. The summed E-state index contributed by atoms with van der Waals surface area (Å²) in [5.74, 6) is -0.776. The maximum absolute atomic E-state index is 13.6. The molecule has 2 aromatic carbocycles. The number of rotatable bonds is 6. The second-order valence-electron chi connectivity index (χ2n) is 5.96. The molecular weight excluding hydrogens is 373 g/mol. The van der Waals surface area contributed by atoms with E-state index in [2.05, 4.69) is 5.32 Å². The van der Waals surface area contributed by atoms with Crippen LogP contribution >= 0.6 is 11.6 Å². The molecule has 0 saturated carbocycles. The SMILES string of the molecule is CCCc1cc(=O)oc2cc(OCC(=O)Nc3cc(Cl)ccc3F)ccc12. The molecule has 0 unspecified atom stereocenters. The van der Waals surface area contributed by atoms with Crippen LogP contribution in [-0.2, 0) is 11.2 Å². The topological polar surface area (TPSA) is 68.5 Å². The Labute approximate surface area is 159 Å². The first-order chi connectivity index (χ1) is 13.0. The van der Waals surface area contributed by atoms with Gasteiger partial charge < -0.3 is 14.5 Å². The van der Waals surface area contributed by atoms with Gasteiger partial charge >= 0.3 is 5.63 Å². The molecule has 3 rings (SSSR count). The number of carbonyl (C=O) groups excluding carboxylic acids is 1. The Hall–Kier alpha value is -2.86. The van der Waals surface area contributed by atoms with Gasteiger partial charge in [-0.3, -0.25) is 4.79 Å². The first kappa shape index (κ1) is 18.9. The van der Waals surface area contributed by atoms with Gasteiger partial charge in [-0.25, -0.2) is 9.18 Å². The minimum Gasteiger partial charge on any atom is -0.484 e. The van der Waals surface area contributed by atoms with E-state index < -0.39 is 17.3 Å². The number of carbonyl (C=O) groups is 1. The lowest BCUT2D eigenvalue weighted by Crippen LogP contribution is -2.20. The van der Waals surface area contributed by atoms with E-state index in [1.165, 1.54) is 18.2 Å². The molecule has 0 radical (unpaired) electrons. The van der Waals surface area contributed by atoms with Crippen molar-refractivity contribution in [3.63, 3.8) is 0 Å². The average molecular weight is 390 g/mol. The molecule has 0 aliphatic rings. The number of aryl methyl sites for hydroxylation is 1. The van der Waals surface area contributed by atoms with Crippen molar-refractivity contribution in [3.8, 4) is 5.75 Å². The Morgan fingerprint density at radius 1 is 1.22 bits per heavy atom. The minimum absolute atomic E-state index is 0.0233. The van der Waals surface area contributed by atoms with Crippen molar-refractivity contribution in [1.82, 2.24) is 0 Å². The molecule has 0 spiro atoms. The van der Waals surface area contributed by atoms with Crippen molar-refractivity contribution in [2.75, 3.05) is 11.9 Å². The van der Waals surface area contributed by atoms with Gasteiger partial charge in [-0.1, -0.05) is 24.9 Å². The molecule has 5 nitrogen and oxygen atoms in total. The number of nitrogens with one attached hydrogen (secondary N) is 1. The van der Waals surface area contributed by atoms with Gasteiger partial charge in [-0.05, 0) is 42.3 Å². The van der Waals surface area contributed by atoms with Crippen molar-refractivity contribution in [1.29, 1.82) is 0 Å². The van der Waals surface area contributed by atoms with Gasteiger partial charge in [0, 0.05) is 22.5 Å². The van der Waals surface area contributed by atoms with Crippen molar-refractivity contribution in [2.24, 2.45) is 0 Å². The van der Waals surface area contributed by atoms with Gasteiger partial charge in [0.25, 0.3) is 5.91 Å². The normalized spacial score (nSPS) is 10.8. The maximum atomic E-state index is 13.6. The third-order valence-corrected chi connectivity index (χ3v) is 4.13. The first-order valence-corrected chi connectivity index (χ1v) is 8.78. The molecule has 3 aromatic rings. The number of halogens is 2. The second-order valence-corrected chi connectivity index (χ2v) is 6.40. The van der Waals surface area contributed by atoms with E-state index in [-0.39, 0.29) is 12.3 Å². The Morgan fingerprint density at radius 3 is 2.81 bits per heavy atom. The summed E-state index contributed by atoms with van der Waals surface area (Å²) in [7, 11) is 0. The third kappa shape index (κ3) is 4.65. The lowest BCUT2D eigenvalue weighted by atomic mass is 10.1. The van der Waals surface area contributed by atoms with Crippen LogP contribution in [0.5, 0.6) is 5.75 Å². The Balaban J connectivity index is 1.72. The van der Waals surface area contributed by atoms with E-state index in [1.54, 1.807) is 18.2 Å². The molecule has 1 heterocycles. The Kier molecular flexibility index (Phi) is 5.76. The fourth-order valence-electron chi connectivity index (χ4n) is 2.70. The zero-order chi connectivity index (χ0) is 19.4. The van der Waals surface area contributed by atoms with E-state index >= 15 is 0 Å². The fourth-order valence-corrected chi connectivity index (χ4v) is 2.88. The summed E-state index contributed by atoms with van der Waals surface area (Å²) in [5.41, 5.74) is 0.844. The summed E-state index contributed by atoms with van der Waals surface area (Å²) in [6.45, 7) is 1.69. The van der Waals surface area contributed by atoms with Crippen LogP contribution < -0.4 is 15.7 Å². The predicted octanol–water partition coefficient (Wildman–Crippen LogP) is 4.56. The van der Waals surface area contributed by atoms with Gasteiger partial charge in [-0.15, -0.1) is 0 Å². The molecule has 0 atom stereocenters. The molecule has 0 aliphatic heterocycles. The molecule has 0 bridgehead atoms. The zero-order valence-electron chi connectivity index (χ0n) is 14.6. The van der Waals surface area contributed by atoms with Crippen molar-refractivity contribution < 1.29 is 18.3 Å². The largest absolute Gasteiger partial charge is 0.484 e. The lowest BCUT2D eigenvalue weighted by molar-refractivity contribution is -0.118. The smallest absolute Gasteiger partial charge is 0.336 e. The standard InChI is InChI=1S/C20H17ClFNO4/c1-2-3-12-8-20(25)27-18-10-14(5-6-15(12)18)26-11-19(24)23-17-9-13(21)4-7-16(17)22/h4-10H,2-3,11H2,1H3,(H,23,24). The van der Waals surface area contributed by atoms with Gasteiger partial charge in [0.15, 0.2) is 6.61 Å². The molecule has 7 heteroatoms. The molecular formula is C20H17ClFNO4. The van der Waals surface area contributed by atoms with Crippen LogP contribution in [-0.4, -0.2) is 12.5 Å². The van der Waals surface area contributed by atoms with E-state index in [1.807, 2.05) is 6.92 Å². The maximum Gasteiger partial charge on any atom is 0.336 e. The highest BCUT2D eigenvalue weighted by molar-refractivity contribution is 6.30. The van der Waals surface area contributed by atoms with Crippen molar-refractivity contribution in [3.05, 3.63) is 69.3 Å². The van der Waals surface area contributed by atoms with Gasteiger partial charge in [-0.2, -0.15) is 0 Å². The second kappa shape index (κ2) is 8.22. The number of anilines is 1. The summed E-state index contributed by atoms with van der Waals surface area (Å²) < 4.78 is 24.3. The zero-order valence-corrected chi connectivity index (χ0v) is 15.3. The van der Waals surface area contributed by atoms with Crippen molar-refractivity contribution in [2.45, 2.75) is 19.8 Å². The van der Waals surface area contributed by atoms with Crippen LogP contribution in [0.15, 0.2) is 51.7 Å². The Bertz CT molecular complexity index is 1050. The van der Waals surface area contributed by atoms with E-state index in [9.17, 15) is 14.0 Å². The summed E-state index contributed by atoms with van der Waals surface area (Å²) in [4.78, 5) is 23.7. The minimum atomic E-state index is -0.594. The molecule has 0 fully saturated rings. The quantitative estimate of drug-likeness (QED) is 0.628. The van der Waals surface area contributed by atoms with Crippen LogP contribution in [0.3, 0.4) is 0 Å². The molecule has 1 amide bonds. The molecule has 27 heavy (non-hydrogen) atoms. The molecule has 1 aromatic heterocycles. The lowest BCUT2D eigenvalue weighted by Gasteiger charge is -2.10. The van der Waals surface area contributed by atoms with Gasteiger partial charge in [0.05, 0.1) is 5.69 Å². The summed E-state index contributed by atoms with van der Waals surface area (Å²) in [5, 5.41) is 3.53. The molecule has 140 valence electrons. The monoisotopic (exact) mass is 389 g/mol. The highest BCUT2D eigenvalue weighted by Gasteiger charge is 2.10. The molecule has 1 N–H and O–H groups in total. The van der Waals surface area contributed by atoms with E-state index in [0.29, 0.717) is 16.4 Å². The number of hydrogen-bond donors (Lipinski definition) is 1. The summed E-state index contributed by atoms with van der Waals surface area (Å²) in [6, 6.07) is 10.4. The van der Waals surface area contributed by atoms with Crippen LogP contribution in [0, 0.1) is 5.82 Å². The number of benzene rings is 2. The summed E-state index contributed by atoms with van der Waals surface area (Å²) in [6.07, 6.45) is 1.66. The highest BCUT2D eigenvalue weighted by atomic mass is 35.5. The Morgan fingerprint density at radius 2 is 2.04 bits per heavy atom.